The maximum atomic E-state index is 11.3. The van der Waals surface area contributed by atoms with Crippen molar-refractivity contribution in [2.75, 3.05) is 0 Å². The van der Waals surface area contributed by atoms with Gasteiger partial charge in [-0.1, -0.05) is 5.57 Å². The molecule has 0 aromatic heterocycles. The Morgan fingerprint density at radius 1 is 1.29 bits per heavy atom. The molecule has 0 heterocycles. The first-order chi connectivity index (χ1) is 6.55. The first-order valence-electron chi connectivity index (χ1n) is 5.46. The van der Waals surface area contributed by atoms with Crippen molar-refractivity contribution < 1.29 is 9.90 Å². The predicted molar refractivity (Wildman–Crippen MR) is 55.0 cm³/mol. The molecule has 78 valence electrons. The molecular formula is C12H18O2. The minimum absolute atomic E-state index is 0.0509. The monoisotopic (exact) mass is 194 g/mol. The van der Waals surface area contributed by atoms with Crippen molar-refractivity contribution in [1.29, 1.82) is 0 Å². The lowest BCUT2D eigenvalue weighted by molar-refractivity contribution is -0.134. The van der Waals surface area contributed by atoms with Crippen molar-refractivity contribution in [1.82, 2.24) is 0 Å². The van der Waals surface area contributed by atoms with E-state index in [1.54, 1.807) is 0 Å². The molecule has 2 heteroatoms. The van der Waals surface area contributed by atoms with E-state index in [0.29, 0.717) is 0 Å². The minimum atomic E-state index is -0.687. The maximum Gasteiger partial charge on any atom is 0.332 e. The van der Waals surface area contributed by atoms with Gasteiger partial charge in [-0.2, -0.15) is 0 Å². The number of rotatable bonds is 2. The summed E-state index contributed by atoms with van der Waals surface area (Å²) in [6, 6.07) is 0. The lowest BCUT2D eigenvalue weighted by Gasteiger charge is -2.28. The molecule has 0 radical (unpaired) electrons. The molecule has 0 unspecified atom stereocenters. The van der Waals surface area contributed by atoms with E-state index in [9.17, 15) is 9.90 Å². The number of allylic oxidation sites excluding steroid dienone is 1. The predicted octanol–water partition coefficient (Wildman–Crippen LogP) is 2.99. The fraction of sp³-hybridized carbons (Fsp3) is 0.750. The van der Waals surface area contributed by atoms with Gasteiger partial charge < -0.3 is 5.11 Å². The van der Waals surface area contributed by atoms with E-state index in [0.717, 1.165) is 36.3 Å². The zero-order chi connectivity index (χ0) is 10.3. The molecular weight excluding hydrogens is 176 g/mol. The topological polar surface area (TPSA) is 37.3 Å². The van der Waals surface area contributed by atoms with Crippen molar-refractivity contribution in [2.45, 2.75) is 46.0 Å². The molecule has 2 saturated carbocycles. The second kappa shape index (κ2) is 3.11. The third kappa shape index (κ3) is 1.28. The van der Waals surface area contributed by atoms with Gasteiger partial charge in [-0.05, 0) is 51.9 Å². The van der Waals surface area contributed by atoms with Crippen LogP contribution in [0.15, 0.2) is 11.1 Å². The van der Waals surface area contributed by atoms with Crippen LogP contribution in [0.4, 0.5) is 0 Å². The van der Waals surface area contributed by atoms with Gasteiger partial charge in [0.15, 0.2) is 0 Å². The Balaban J connectivity index is 2.37. The second-order valence-electron chi connectivity index (χ2n) is 5.11. The highest BCUT2D eigenvalue weighted by molar-refractivity contribution is 5.89. The third-order valence-electron chi connectivity index (χ3n) is 3.99. The van der Waals surface area contributed by atoms with Gasteiger partial charge in [-0.25, -0.2) is 4.79 Å². The van der Waals surface area contributed by atoms with Gasteiger partial charge in [0.05, 0.1) is 0 Å². The Labute approximate surface area is 85.0 Å². The molecule has 1 N–H and O–H groups in total. The molecule has 2 rings (SSSR count). The zero-order valence-corrected chi connectivity index (χ0v) is 8.97. The van der Waals surface area contributed by atoms with E-state index in [1.807, 2.05) is 13.8 Å². The zero-order valence-electron chi connectivity index (χ0n) is 8.97. The van der Waals surface area contributed by atoms with Crippen LogP contribution in [-0.4, -0.2) is 11.1 Å². The molecule has 0 aromatic rings. The summed E-state index contributed by atoms with van der Waals surface area (Å²) >= 11 is 0. The molecule has 0 aromatic carbocycles. The first-order valence-corrected chi connectivity index (χ1v) is 5.46. The van der Waals surface area contributed by atoms with E-state index >= 15 is 0 Å². The Hall–Kier alpha value is -0.790. The second-order valence-corrected chi connectivity index (χ2v) is 5.11. The van der Waals surface area contributed by atoms with E-state index in [1.165, 1.54) is 12.8 Å². The maximum absolute atomic E-state index is 11.3. The summed E-state index contributed by atoms with van der Waals surface area (Å²) in [5.74, 6) is 0.122. The van der Waals surface area contributed by atoms with Crippen molar-refractivity contribution in [3.63, 3.8) is 0 Å². The van der Waals surface area contributed by atoms with Crippen molar-refractivity contribution in [2.24, 2.45) is 11.3 Å². The van der Waals surface area contributed by atoms with Crippen LogP contribution in [0.3, 0.4) is 0 Å². The van der Waals surface area contributed by atoms with Crippen LogP contribution >= 0.6 is 0 Å². The fourth-order valence-corrected chi connectivity index (χ4v) is 3.51. The summed E-state index contributed by atoms with van der Waals surface area (Å²) in [6.07, 6.45) is 5.81. The number of fused-ring (bicyclic) bond motifs is 2. The van der Waals surface area contributed by atoms with Gasteiger partial charge in [-0.3, -0.25) is 0 Å². The lowest BCUT2D eigenvalue weighted by Crippen LogP contribution is -2.24. The average molecular weight is 194 g/mol. The number of hydrogen-bond donors (Lipinski definition) is 1. The van der Waals surface area contributed by atoms with Gasteiger partial charge in [0.2, 0.25) is 0 Å². The molecule has 14 heavy (non-hydrogen) atoms. The van der Waals surface area contributed by atoms with Gasteiger partial charge in [0.1, 0.15) is 0 Å². The van der Waals surface area contributed by atoms with Crippen LogP contribution in [0.25, 0.3) is 0 Å². The van der Waals surface area contributed by atoms with E-state index in [4.69, 9.17) is 0 Å². The van der Waals surface area contributed by atoms with Crippen molar-refractivity contribution in [3.05, 3.63) is 11.1 Å². The largest absolute Gasteiger partial charge is 0.478 e. The summed E-state index contributed by atoms with van der Waals surface area (Å²) in [7, 11) is 0. The Kier molecular flexibility index (Phi) is 2.17. The Morgan fingerprint density at radius 3 is 2.14 bits per heavy atom. The molecule has 2 aliphatic carbocycles. The molecule has 0 atom stereocenters. The van der Waals surface area contributed by atoms with Gasteiger partial charge in [-0.15, -0.1) is 0 Å². The number of aliphatic carboxylic acids is 1. The summed E-state index contributed by atoms with van der Waals surface area (Å²) < 4.78 is 0. The highest BCUT2D eigenvalue weighted by atomic mass is 16.4. The summed E-state index contributed by atoms with van der Waals surface area (Å²) in [5, 5.41) is 9.26. The smallest absolute Gasteiger partial charge is 0.332 e. The van der Waals surface area contributed by atoms with E-state index in [-0.39, 0.29) is 5.41 Å². The van der Waals surface area contributed by atoms with Crippen LogP contribution in [0, 0.1) is 11.3 Å². The third-order valence-corrected chi connectivity index (χ3v) is 3.99. The fourth-order valence-electron chi connectivity index (χ4n) is 3.51. The lowest BCUT2D eigenvalue weighted by atomic mass is 9.75. The first kappa shape index (κ1) is 9.75. The van der Waals surface area contributed by atoms with Crippen LogP contribution in [-0.2, 0) is 4.79 Å². The SMILES string of the molecule is CC(C)=C(C(=O)O)C12CCC(CC1)C2. The number of carboxylic acid groups (broad SMARTS) is 1. The average Bonchev–Trinajstić information content (AvgIpc) is 2.61. The standard InChI is InChI=1S/C12H18O2/c1-8(2)10(11(13)14)12-5-3-9(7-12)4-6-12/h9H,3-7H2,1-2H3,(H,13,14). The molecule has 2 nitrogen and oxygen atoms in total. The molecule has 2 bridgehead atoms. The van der Waals surface area contributed by atoms with Crippen LogP contribution in [0.5, 0.6) is 0 Å². The van der Waals surface area contributed by atoms with Gasteiger partial charge in [0, 0.05) is 11.0 Å². The summed E-state index contributed by atoms with van der Waals surface area (Å²) in [5.41, 5.74) is 1.77. The number of carbonyl (C=O) groups is 1. The number of hydrogen-bond acceptors (Lipinski definition) is 1. The van der Waals surface area contributed by atoms with Gasteiger partial charge in [0.25, 0.3) is 0 Å². The highest BCUT2D eigenvalue weighted by Gasteiger charge is 2.49. The van der Waals surface area contributed by atoms with Crippen LogP contribution < -0.4 is 0 Å². The molecule has 0 saturated heterocycles. The summed E-state index contributed by atoms with van der Waals surface area (Å²) in [6.45, 7) is 3.87. The molecule has 2 aliphatic rings. The highest BCUT2D eigenvalue weighted by Crippen LogP contribution is 2.58. The molecule has 0 spiro atoms. The minimum Gasteiger partial charge on any atom is -0.478 e. The van der Waals surface area contributed by atoms with Gasteiger partial charge >= 0.3 is 5.97 Å². The van der Waals surface area contributed by atoms with E-state index in [2.05, 4.69) is 0 Å². The van der Waals surface area contributed by atoms with Crippen LogP contribution in [0.1, 0.15) is 46.0 Å². The Morgan fingerprint density at radius 2 is 1.86 bits per heavy atom. The Bertz CT molecular complexity index is 289. The molecule has 0 amide bonds. The van der Waals surface area contributed by atoms with Crippen LogP contribution in [0.2, 0.25) is 0 Å². The number of carboxylic acids is 1. The normalized spacial score (nSPS) is 34.6. The quantitative estimate of drug-likeness (QED) is 0.686. The van der Waals surface area contributed by atoms with Crippen molar-refractivity contribution >= 4 is 5.97 Å². The molecule has 2 fully saturated rings. The van der Waals surface area contributed by atoms with E-state index < -0.39 is 5.97 Å². The summed E-state index contributed by atoms with van der Waals surface area (Å²) in [4.78, 5) is 11.3. The molecule has 0 aliphatic heterocycles. The van der Waals surface area contributed by atoms with Crippen molar-refractivity contribution in [3.8, 4) is 0 Å².